The van der Waals surface area contributed by atoms with Crippen LogP contribution in [0.5, 0.6) is 0 Å². The number of nitrogens with zero attached hydrogens (tertiary/aromatic N) is 3. The topological polar surface area (TPSA) is 410 Å². The highest BCUT2D eigenvalue weighted by atomic mass is 19.1. The first-order valence-corrected chi connectivity index (χ1v) is 32.3. The van der Waals surface area contributed by atoms with Gasteiger partial charge in [0.05, 0.1) is 139 Å². The minimum Gasteiger partial charge on any atom is -0.383 e. The molecule has 0 radical (unpaired) electrons. The van der Waals surface area contributed by atoms with Gasteiger partial charge < -0.3 is 64.7 Å². The van der Waals surface area contributed by atoms with Crippen LogP contribution in [-0.4, -0.2) is 249 Å². The lowest BCUT2D eigenvalue weighted by atomic mass is 10.0. The van der Waals surface area contributed by atoms with Gasteiger partial charge in [-0.15, -0.1) is 0 Å². The smallest absolute Gasteiger partial charge is 0.262 e. The molecule has 3 saturated heterocycles. The molecule has 9 rings (SSSR count). The fraction of sp³-hybridized carbons (Fsp3) is 0.538. The van der Waals surface area contributed by atoms with Crippen molar-refractivity contribution < 1.29 is 105 Å². The Morgan fingerprint density at radius 2 is 0.639 bits per heavy atom. The van der Waals surface area contributed by atoms with E-state index >= 15 is 0 Å². The first-order valence-electron chi connectivity index (χ1n) is 32.3. The molecule has 0 aliphatic carbocycles. The van der Waals surface area contributed by atoms with Gasteiger partial charge in [-0.1, -0.05) is 13.8 Å². The molecule has 6 aliphatic rings. The Hall–Kier alpha value is -8.41. The molecular weight excluding hydrogens is 1280 g/mol. The van der Waals surface area contributed by atoms with Gasteiger partial charge in [-0.3, -0.25) is 88.2 Å². The molecule has 0 aromatic heterocycles. The number of hydrogen-bond acceptors (Lipinski definition) is 25. The van der Waals surface area contributed by atoms with Crippen molar-refractivity contribution >= 4 is 82.3 Å². The third-order valence-corrected chi connectivity index (χ3v) is 14.9. The lowest BCUT2D eigenvalue weighted by Crippen LogP contribution is -2.54. The molecule has 3 aromatic rings. The second kappa shape index (κ2) is 41.6. The Bertz CT molecular complexity index is 3080. The molecule has 6 heterocycles. The molecule has 0 spiro atoms. The standard InChI is InChI=1S/C22H29N3O7.C21H28N4O7.C13H9FN2O4.C9H21NO3/c1-2-8-30-10-12-32-13-11-31-9-7-23-15-3-4-16-17(14-15)22(29)25(21(16)28)18-5-6-19(26)24-20(18)27;22-5-7-30-9-11-32-12-10-31-8-6-23-14-1-2-15-16(13-14)21(29)25(20(15)28)17-3-4-18(26)24-19(17)27;14-6-1-2-7-8(5-6)13(20)16(12(7)19)9-3-4-10(17)15-11(9)18;1-2-4-11-6-8-13-9-7-12-5-3-10/h3-4,14,18,23H,2,5-13H2,1H3,(H,24,26,27);1-2,13,17,23H,3-12,22H2,(H,24,26,27);1-2,5,9H,3-4H2,(H,15,17,18);2-10H2,1H3. The van der Waals surface area contributed by atoms with Crippen LogP contribution in [0.2, 0.25) is 0 Å². The summed E-state index contributed by atoms with van der Waals surface area (Å²) in [5.74, 6) is -7.26. The van der Waals surface area contributed by atoms with Gasteiger partial charge in [0.15, 0.2) is 0 Å². The number of anilines is 2. The molecule has 9 N–H and O–H groups in total. The van der Waals surface area contributed by atoms with Crippen molar-refractivity contribution in [3.63, 3.8) is 0 Å². The number of nitrogens with two attached hydrogens (primary N) is 2. The maximum atomic E-state index is 13.2. The van der Waals surface area contributed by atoms with Gasteiger partial charge >= 0.3 is 0 Å². The van der Waals surface area contributed by atoms with E-state index in [-0.39, 0.29) is 71.9 Å². The van der Waals surface area contributed by atoms with Crippen LogP contribution in [0.25, 0.3) is 0 Å². The first-order chi connectivity index (χ1) is 46.9. The zero-order chi connectivity index (χ0) is 70.1. The Balaban J connectivity index is 0.000000215. The minimum atomic E-state index is -1.02. The number of benzene rings is 3. The number of rotatable bonds is 37. The molecule has 6 aliphatic heterocycles. The van der Waals surface area contributed by atoms with E-state index in [9.17, 15) is 61.9 Å². The lowest BCUT2D eigenvalue weighted by Gasteiger charge is -2.27. The van der Waals surface area contributed by atoms with Crippen LogP contribution in [0.4, 0.5) is 15.8 Å². The van der Waals surface area contributed by atoms with E-state index in [2.05, 4.69) is 40.4 Å². The van der Waals surface area contributed by atoms with Gasteiger partial charge in [-0.2, -0.15) is 0 Å². The molecule has 97 heavy (non-hydrogen) atoms. The van der Waals surface area contributed by atoms with Crippen molar-refractivity contribution in [3.8, 4) is 0 Å². The number of ether oxygens (including phenoxy) is 9. The highest BCUT2D eigenvalue weighted by molar-refractivity contribution is 6.25. The summed E-state index contributed by atoms with van der Waals surface area (Å²) in [5, 5.41) is 12.7. The minimum absolute atomic E-state index is 0.0537. The van der Waals surface area contributed by atoms with Crippen LogP contribution in [0.3, 0.4) is 0 Å². The van der Waals surface area contributed by atoms with E-state index in [0.717, 1.165) is 52.9 Å². The predicted octanol–water partition coefficient (Wildman–Crippen LogP) is 1.10. The Morgan fingerprint density at radius 3 is 0.938 bits per heavy atom. The number of amides is 12. The van der Waals surface area contributed by atoms with Crippen LogP contribution in [0.1, 0.15) is 127 Å². The van der Waals surface area contributed by atoms with Crippen molar-refractivity contribution in [1.82, 2.24) is 30.7 Å². The summed E-state index contributed by atoms with van der Waals surface area (Å²) in [6, 6.07) is 10.0. The fourth-order valence-corrected chi connectivity index (χ4v) is 10.2. The zero-order valence-electron chi connectivity index (χ0n) is 54.6. The zero-order valence-corrected chi connectivity index (χ0v) is 54.6. The number of carbonyl (C=O) groups excluding carboxylic acids is 12. The third-order valence-electron chi connectivity index (χ3n) is 14.9. The molecule has 12 amide bonds. The maximum absolute atomic E-state index is 13.2. The van der Waals surface area contributed by atoms with E-state index in [4.69, 9.17) is 54.1 Å². The summed E-state index contributed by atoms with van der Waals surface area (Å²) in [5.41, 5.74) is 12.9. The molecule has 0 saturated carbocycles. The summed E-state index contributed by atoms with van der Waals surface area (Å²) < 4.78 is 61.0. The molecule has 32 heteroatoms. The third kappa shape index (κ3) is 23.4. The highest BCUT2D eigenvalue weighted by Crippen LogP contribution is 2.32. The molecule has 3 unspecified atom stereocenters. The van der Waals surface area contributed by atoms with Crippen molar-refractivity contribution in [1.29, 1.82) is 0 Å². The molecular formula is C65H87FN10O21. The summed E-state index contributed by atoms with van der Waals surface area (Å²) in [7, 11) is 0. The molecule has 530 valence electrons. The van der Waals surface area contributed by atoms with Crippen LogP contribution in [0, 0.1) is 5.82 Å². The summed E-state index contributed by atoms with van der Waals surface area (Å²) in [4.78, 5) is 148. The van der Waals surface area contributed by atoms with Crippen LogP contribution in [0.15, 0.2) is 54.6 Å². The average molecular weight is 1360 g/mol. The number of fused-ring (bicyclic) bond motifs is 3. The van der Waals surface area contributed by atoms with E-state index in [1.807, 2.05) is 0 Å². The second-order valence-corrected chi connectivity index (χ2v) is 22.0. The number of piperidine rings is 3. The van der Waals surface area contributed by atoms with Gasteiger partial charge in [-0.05, 0) is 86.7 Å². The molecule has 3 fully saturated rings. The molecule has 3 aromatic carbocycles. The maximum Gasteiger partial charge on any atom is 0.262 e. The quantitative estimate of drug-likeness (QED) is 0.0314. The normalized spacial score (nSPS) is 17.9. The Labute approximate surface area is 560 Å². The molecule has 31 nitrogen and oxygen atoms in total. The van der Waals surface area contributed by atoms with Crippen LogP contribution >= 0.6 is 0 Å². The van der Waals surface area contributed by atoms with Crippen molar-refractivity contribution in [2.24, 2.45) is 11.5 Å². The molecule has 3 atom stereocenters. The van der Waals surface area contributed by atoms with Crippen LogP contribution in [-0.2, 0) is 71.4 Å². The number of nitrogens with one attached hydrogen (secondary N) is 5. The van der Waals surface area contributed by atoms with Gasteiger partial charge in [0.2, 0.25) is 35.4 Å². The van der Waals surface area contributed by atoms with Gasteiger partial charge in [0.1, 0.15) is 23.9 Å². The van der Waals surface area contributed by atoms with E-state index in [0.29, 0.717) is 143 Å². The van der Waals surface area contributed by atoms with E-state index < -0.39 is 94.8 Å². The van der Waals surface area contributed by atoms with E-state index in [1.165, 1.54) is 6.07 Å². The van der Waals surface area contributed by atoms with Gasteiger partial charge in [-0.25, -0.2) is 4.39 Å². The number of carbonyl (C=O) groups is 12. The lowest BCUT2D eigenvalue weighted by molar-refractivity contribution is -0.137. The van der Waals surface area contributed by atoms with Crippen molar-refractivity contribution in [2.45, 2.75) is 83.3 Å². The Morgan fingerprint density at radius 1 is 0.371 bits per heavy atom. The monoisotopic (exact) mass is 1360 g/mol. The van der Waals surface area contributed by atoms with Gasteiger partial charge in [0, 0.05) is 70.0 Å². The van der Waals surface area contributed by atoms with E-state index in [1.54, 1.807) is 36.4 Å². The Kier molecular flexibility index (Phi) is 33.3. The first kappa shape index (κ1) is 77.6. The highest BCUT2D eigenvalue weighted by Gasteiger charge is 2.47. The number of imide groups is 6. The van der Waals surface area contributed by atoms with Gasteiger partial charge in [0.25, 0.3) is 35.4 Å². The fourth-order valence-electron chi connectivity index (χ4n) is 10.2. The summed E-state index contributed by atoms with van der Waals surface area (Å²) in [6.07, 6.45) is 2.62. The SMILES string of the molecule is CCCOCCOCCOCCN.CCCOCCOCCOCCNc1ccc2c(c1)C(=O)N(C1CCC(=O)NC1=O)C2=O.NCCOCCOCCOCCNc1ccc2c(c1)C(=O)N(C1CCC(=O)NC1=O)C2=O.O=C1CCC(N2C(=O)c3ccc(F)cc3C2=O)C(=O)N1. The number of hydrogen-bond donors (Lipinski definition) is 7. The van der Waals surface area contributed by atoms with Crippen molar-refractivity contribution in [3.05, 3.63) is 93.8 Å². The molecule has 0 bridgehead atoms. The summed E-state index contributed by atoms with van der Waals surface area (Å²) >= 11 is 0. The second-order valence-electron chi connectivity index (χ2n) is 22.0. The summed E-state index contributed by atoms with van der Waals surface area (Å²) in [6.45, 7) is 16.3. The number of halogens is 1. The van der Waals surface area contributed by atoms with Crippen LogP contribution < -0.4 is 38.1 Å². The predicted molar refractivity (Wildman–Crippen MR) is 342 cm³/mol. The largest absolute Gasteiger partial charge is 0.383 e. The van der Waals surface area contributed by atoms with Crippen molar-refractivity contribution in [2.75, 3.05) is 156 Å². The average Bonchev–Trinajstić information content (AvgIpc) is 1.64.